The SMILES string of the molecule is CC(C)CNC(=O)C[C@H](c1ccc(Cl)cc1)c1c[nH]c2ccc([N+](=O)[O-])cc12. The van der Waals surface area contributed by atoms with Crippen LogP contribution < -0.4 is 5.32 Å². The first-order valence-corrected chi connectivity index (χ1v) is 9.50. The summed E-state index contributed by atoms with van der Waals surface area (Å²) in [7, 11) is 0. The van der Waals surface area contributed by atoms with E-state index >= 15 is 0 Å². The number of nitrogens with one attached hydrogen (secondary N) is 2. The number of non-ortho nitro benzene ring substituents is 1. The third kappa shape index (κ3) is 4.51. The van der Waals surface area contributed by atoms with Crippen molar-refractivity contribution < 1.29 is 9.72 Å². The summed E-state index contributed by atoms with van der Waals surface area (Å²) >= 11 is 6.02. The average molecular weight is 400 g/mol. The number of hydrogen-bond acceptors (Lipinski definition) is 3. The zero-order chi connectivity index (χ0) is 20.3. The highest BCUT2D eigenvalue weighted by Crippen LogP contribution is 2.35. The van der Waals surface area contributed by atoms with E-state index in [1.807, 2.05) is 32.2 Å². The van der Waals surface area contributed by atoms with Crippen LogP contribution in [0.3, 0.4) is 0 Å². The minimum Gasteiger partial charge on any atom is -0.361 e. The highest BCUT2D eigenvalue weighted by Gasteiger charge is 2.22. The summed E-state index contributed by atoms with van der Waals surface area (Å²) < 4.78 is 0. The predicted octanol–water partition coefficient (Wildman–Crippen LogP) is 5.02. The van der Waals surface area contributed by atoms with Crippen LogP contribution in [0.2, 0.25) is 5.02 Å². The molecule has 0 aliphatic heterocycles. The van der Waals surface area contributed by atoms with Gasteiger partial charge in [-0.15, -0.1) is 0 Å². The van der Waals surface area contributed by atoms with Crippen LogP contribution in [0.25, 0.3) is 10.9 Å². The van der Waals surface area contributed by atoms with E-state index in [2.05, 4.69) is 10.3 Å². The minimum absolute atomic E-state index is 0.0208. The lowest BCUT2D eigenvalue weighted by molar-refractivity contribution is -0.384. The molecule has 0 aliphatic carbocycles. The molecule has 0 spiro atoms. The standard InChI is InChI=1S/C21H22ClN3O3/c1-13(2)11-24-21(26)10-17(14-3-5-15(22)6-4-14)19-12-23-20-8-7-16(25(27)28)9-18(19)20/h3-9,12-13,17,23H,10-11H2,1-2H3,(H,24,26)/t17-/m1/s1. The summed E-state index contributed by atoms with van der Waals surface area (Å²) in [6.45, 7) is 4.68. The van der Waals surface area contributed by atoms with Crippen LogP contribution in [-0.4, -0.2) is 22.4 Å². The Bertz CT molecular complexity index is 996. The molecular formula is C21H22ClN3O3. The van der Waals surface area contributed by atoms with Crippen LogP contribution in [-0.2, 0) is 4.79 Å². The fourth-order valence-corrected chi connectivity index (χ4v) is 3.34. The fraction of sp³-hybridized carbons (Fsp3) is 0.286. The van der Waals surface area contributed by atoms with Gasteiger partial charge in [-0.25, -0.2) is 0 Å². The summed E-state index contributed by atoms with van der Waals surface area (Å²) in [5, 5.41) is 15.5. The first-order valence-electron chi connectivity index (χ1n) is 9.12. The molecule has 0 aliphatic rings. The minimum atomic E-state index is -0.414. The Labute approximate surface area is 168 Å². The van der Waals surface area contributed by atoms with Crippen molar-refractivity contribution in [1.29, 1.82) is 0 Å². The van der Waals surface area contributed by atoms with Crippen LogP contribution in [0.4, 0.5) is 5.69 Å². The third-order valence-corrected chi connectivity index (χ3v) is 4.90. The topological polar surface area (TPSA) is 88.0 Å². The van der Waals surface area contributed by atoms with Gasteiger partial charge in [0.15, 0.2) is 0 Å². The van der Waals surface area contributed by atoms with E-state index in [-0.39, 0.29) is 23.9 Å². The summed E-state index contributed by atoms with van der Waals surface area (Å²) in [6.07, 6.45) is 2.06. The Morgan fingerprint density at radius 1 is 1.21 bits per heavy atom. The number of nitro benzene ring substituents is 1. The van der Waals surface area contributed by atoms with Crippen molar-refractivity contribution in [3.63, 3.8) is 0 Å². The highest BCUT2D eigenvalue weighted by atomic mass is 35.5. The molecule has 1 atom stereocenters. The van der Waals surface area contributed by atoms with Crippen molar-refractivity contribution in [2.24, 2.45) is 5.92 Å². The van der Waals surface area contributed by atoms with E-state index in [0.717, 1.165) is 22.0 Å². The molecule has 1 aromatic heterocycles. The predicted molar refractivity (Wildman–Crippen MR) is 111 cm³/mol. The molecule has 1 heterocycles. The Balaban J connectivity index is 2.02. The summed E-state index contributed by atoms with van der Waals surface area (Å²) in [4.78, 5) is 26.5. The molecule has 3 rings (SSSR count). The van der Waals surface area contributed by atoms with E-state index in [4.69, 9.17) is 11.6 Å². The van der Waals surface area contributed by atoms with E-state index in [0.29, 0.717) is 17.5 Å². The van der Waals surface area contributed by atoms with E-state index < -0.39 is 4.92 Å². The zero-order valence-corrected chi connectivity index (χ0v) is 16.5. The molecule has 2 aromatic carbocycles. The normalized spacial score (nSPS) is 12.3. The second kappa shape index (κ2) is 8.44. The van der Waals surface area contributed by atoms with Gasteiger partial charge in [-0.3, -0.25) is 14.9 Å². The number of fused-ring (bicyclic) bond motifs is 1. The van der Waals surface area contributed by atoms with E-state index in [9.17, 15) is 14.9 Å². The number of carbonyl (C=O) groups is 1. The number of benzene rings is 2. The maximum Gasteiger partial charge on any atom is 0.270 e. The Kier molecular flexibility index (Phi) is 5.99. The summed E-state index contributed by atoms with van der Waals surface area (Å²) in [6, 6.07) is 12.1. The Morgan fingerprint density at radius 2 is 1.93 bits per heavy atom. The Hall–Kier alpha value is -2.86. The molecule has 6 nitrogen and oxygen atoms in total. The van der Waals surface area contributed by atoms with Gasteiger partial charge < -0.3 is 10.3 Å². The highest BCUT2D eigenvalue weighted by molar-refractivity contribution is 6.30. The number of aromatic nitrogens is 1. The van der Waals surface area contributed by atoms with E-state index in [1.54, 1.807) is 24.3 Å². The molecule has 0 radical (unpaired) electrons. The first kappa shape index (κ1) is 19.9. The second-order valence-corrected chi connectivity index (χ2v) is 7.67. The molecule has 3 aromatic rings. The van der Waals surface area contributed by atoms with Crippen LogP contribution in [0, 0.1) is 16.0 Å². The van der Waals surface area contributed by atoms with Gasteiger partial charge >= 0.3 is 0 Å². The lowest BCUT2D eigenvalue weighted by atomic mass is 9.88. The summed E-state index contributed by atoms with van der Waals surface area (Å²) in [5.41, 5.74) is 2.59. The van der Waals surface area contributed by atoms with Gasteiger partial charge in [-0.05, 0) is 35.2 Å². The van der Waals surface area contributed by atoms with Crippen molar-refractivity contribution in [2.45, 2.75) is 26.2 Å². The number of carbonyl (C=O) groups excluding carboxylic acids is 1. The monoisotopic (exact) mass is 399 g/mol. The largest absolute Gasteiger partial charge is 0.361 e. The van der Waals surface area contributed by atoms with Crippen LogP contribution in [0.5, 0.6) is 0 Å². The van der Waals surface area contributed by atoms with Gasteiger partial charge in [-0.2, -0.15) is 0 Å². The van der Waals surface area contributed by atoms with Gasteiger partial charge in [0.25, 0.3) is 5.69 Å². The van der Waals surface area contributed by atoms with Crippen molar-refractivity contribution in [2.75, 3.05) is 6.54 Å². The lowest BCUT2D eigenvalue weighted by Gasteiger charge is -2.18. The van der Waals surface area contributed by atoms with Crippen molar-refractivity contribution in [3.05, 3.63) is 74.9 Å². The van der Waals surface area contributed by atoms with Crippen LogP contribution >= 0.6 is 11.6 Å². The maximum atomic E-state index is 12.5. The van der Waals surface area contributed by atoms with Gasteiger partial charge in [0, 0.05) is 53.1 Å². The fourth-order valence-electron chi connectivity index (χ4n) is 3.21. The molecule has 0 saturated heterocycles. The number of aromatic amines is 1. The van der Waals surface area contributed by atoms with Crippen molar-refractivity contribution >= 4 is 34.1 Å². The molecular weight excluding hydrogens is 378 g/mol. The van der Waals surface area contributed by atoms with Gasteiger partial charge in [-0.1, -0.05) is 37.6 Å². The van der Waals surface area contributed by atoms with Crippen molar-refractivity contribution in [1.82, 2.24) is 10.3 Å². The Morgan fingerprint density at radius 3 is 2.57 bits per heavy atom. The molecule has 0 fully saturated rings. The molecule has 146 valence electrons. The molecule has 0 saturated carbocycles. The summed E-state index contributed by atoms with van der Waals surface area (Å²) in [5.74, 6) is 0.0438. The molecule has 0 unspecified atom stereocenters. The number of amides is 1. The number of rotatable bonds is 7. The van der Waals surface area contributed by atoms with Gasteiger partial charge in [0.05, 0.1) is 4.92 Å². The lowest BCUT2D eigenvalue weighted by Crippen LogP contribution is -2.28. The zero-order valence-electron chi connectivity index (χ0n) is 15.7. The number of nitrogens with zero attached hydrogens (tertiary/aromatic N) is 1. The third-order valence-electron chi connectivity index (χ3n) is 4.65. The number of hydrogen-bond donors (Lipinski definition) is 2. The number of nitro groups is 1. The molecule has 7 heteroatoms. The quantitative estimate of drug-likeness (QED) is 0.431. The number of halogens is 1. The first-order chi connectivity index (χ1) is 13.3. The molecule has 28 heavy (non-hydrogen) atoms. The molecule has 2 N–H and O–H groups in total. The molecule has 1 amide bonds. The average Bonchev–Trinajstić information content (AvgIpc) is 3.08. The maximum absolute atomic E-state index is 12.5. The number of H-pyrrole nitrogens is 1. The molecule has 0 bridgehead atoms. The van der Waals surface area contributed by atoms with Gasteiger partial charge in [0.2, 0.25) is 5.91 Å². The van der Waals surface area contributed by atoms with Crippen LogP contribution in [0.1, 0.15) is 37.3 Å². The smallest absolute Gasteiger partial charge is 0.270 e. The van der Waals surface area contributed by atoms with E-state index in [1.165, 1.54) is 6.07 Å². The van der Waals surface area contributed by atoms with Gasteiger partial charge in [0.1, 0.15) is 0 Å². The second-order valence-electron chi connectivity index (χ2n) is 7.24. The van der Waals surface area contributed by atoms with Crippen molar-refractivity contribution in [3.8, 4) is 0 Å². The van der Waals surface area contributed by atoms with Crippen LogP contribution in [0.15, 0.2) is 48.7 Å².